The average Bonchev–Trinajstić information content (AvgIpc) is 2.09. The molecule has 132 valence electrons. The van der Waals surface area contributed by atoms with Gasteiger partial charge in [0.2, 0.25) is 11.8 Å². The van der Waals surface area contributed by atoms with Crippen molar-refractivity contribution >= 4 is 81.4 Å². The molecule has 0 radical (unpaired) electrons. The van der Waals surface area contributed by atoms with E-state index in [0.717, 1.165) is 0 Å². The van der Waals surface area contributed by atoms with Crippen LogP contribution in [0.3, 0.4) is 0 Å². The van der Waals surface area contributed by atoms with Crippen molar-refractivity contribution in [1.29, 1.82) is 10.8 Å². The molecule has 0 aliphatic rings. The Morgan fingerprint density at radius 2 is 0.773 bits per heavy atom. The van der Waals surface area contributed by atoms with Gasteiger partial charge in [-0.25, -0.2) is 0 Å². The first-order chi connectivity index (χ1) is 9.26. The zero-order valence-electron chi connectivity index (χ0n) is 13.1. The minimum absolute atomic E-state index is 0.352. The molecule has 4 nitrogen and oxygen atoms in total. The molecular weight excluding hydrogens is 417 g/mol. The normalized spacial score (nSPS) is 12.9. The number of rotatable bonds is 0. The zero-order chi connectivity index (χ0) is 18.6. The molecule has 0 atom stereocenters. The van der Waals surface area contributed by atoms with Gasteiger partial charge in [-0.05, 0) is 41.5 Å². The van der Waals surface area contributed by atoms with Crippen LogP contribution in [0.2, 0.25) is 0 Å². The molecule has 0 unspecified atom stereocenters. The summed E-state index contributed by atoms with van der Waals surface area (Å²) in [6, 6.07) is 0. The minimum Gasteiger partial charge on any atom is -0.472 e. The molecule has 22 heavy (non-hydrogen) atoms. The van der Waals surface area contributed by atoms with Crippen molar-refractivity contribution in [3.8, 4) is 0 Å². The van der Waals surface area contributed by atoms with E-state index in [4.69, 9.17) is 89.9 Å². The molecule has 0 bridgehead atoms. The lowest BCUT2D eigenvalue weighted by molar-refractivity contribution is 0.111. The van der Waals surface area contributed by atoms with E-state index in [1.165, 1.54) is 0 Å². The van der Waals surface area contributed by atoms with E-state index in [-0.39, 0.29) is 11.8 Å². The van der Waals surface area contributed by atoms with Gasteiger partial charge in [0.1, 0.15) is 11.2 Å². The maximum absolute atomic E-state index is 7.18. The van der Waals surface area contributed by atoms with Crippen molar-refractivity contribution in [2.75, 3.05) is 0 Å². The number of hydrogen-bond acceptors (Lipinski definition) is 4. The highest BCUT2D eigenvalue weighted by Gasteiger charge is 2.32. The van der Waals surface area contributed by atoms with Crippen molar-refractivity contribution < 1.29 is 9.47 Å². The van der Waals surface area contributed by atoms with Gasteiger partial charge >= 0.3 is 0 Å². The van der Waals surface area contributed by atoms with E-state index >= 15 is 0 Å². The molecule has 0 saturated carbocycles. The van der Waals surface area contributed by atoms with Crippen molar-refractivity contribution in [2.24, 2.45) is 0 Å². The number of halogens is 6. The Balaban J connectivity index is 0. The molecule has 0 heterocycles. The number of alkyl halides is 6. The summed E-state index contributed by atoms with van der Waals surface area (Å²) in [7, 11) is 0. The van der Waals surface area contributed by atoms with E-state index < -0.39 is 18.8 Å². The van der Waals surface area contributed by atoms with Crippen LogP contribution in [0.5, 0.6) is 0 Å². The van der Waals surface area contributed by atoms with Gasteiger partial charge in [0, 0.05) is 0 Å². The number of hydrogen-bond donors (Lipinski definition) is 2. The molecule has 0 spiro atoms. The van der Waals surface area contributed by atoms with Gasteiger partial charge in [-0.1, -0.05) is 69.6 Å². The van der Waals surface area contributed by atoms with Gasteiger partial charge in [-0.15, -0.1) is 0 Å². The fourth-order valence-electron chi connectivity index (χ4n) is 0.728. The fourth-order valence-corrected chi connectivity index (χ4v) is 0.960. The standard InChI is InChI=1S/2C6H10Cl3NO/c2*1-5(2,3)11-4(10)6(7,8)9/h2*10H,1-3H3. The smallest absolute Gasteiger partial charge is 0.265 e. The van der Waals surface area contributed by atoms with Crippen LogP contribution in [-0.2, 0) is 9.47 Å². The molecule has 0 aromatic heterocycles. The molecule has 0 aliphatic heterocycles. The molecule has 0 aromatic carbocycles. The molecule has 0 aromatic rings. The van der Waals surface area contributed by atoms with Crippen LogP contribution in [0.25, 0.3) is 0 Å². The Morgan fingerprint density at radius 1 is 0.591 bits per heavy atom. The van der Waals surface area contributed by atoms with Crippen LogP contribution < -0.4 is 0 Å². The molecule has 0 fully saturated rings. The van der Waals surface area contributed by atoms with Crippen molar-refractivity contribution in [3.05, 3.63) is 0 Å². The summed E-state index contributed by atoms with van der Waals surface area (Å²) in [5.41, 5.74) is -0.998. The second-order valence-electron chi connectivity index (χ2n) is 6.08. The highest BCUT2D eigenvalue weighted by Crippen LogP contribution is 2.30. The third-order valence-corrected chi connectivity index (χ3v) is 2.36. The van der Waals surface area contributed by atoms with Gasteiger partial charge in [-0.3, -0.25) is 10.8 Å². The van der Waals surface area contributed by atoms with Crippen molar-refractivity contribution in [1.82, 2.24) is 0 Å². The summed E-state index contributed by atoms with van der Waals surface area (Å²) in [5.74, 6) is -0.704. The van der Waals surface area contributed by atoms with Crippen LogP contribution in [0.15, 0.2) is 0 Å². The van der Waals surface area contributed by atoms with E-state index in [2.05, 4.69) is 0 Å². The van der Waals surface area contributed by atoms with Gasteiger partial charge in [0.05, 0.1) is 0 Å². The Labute approximate surface area is 161 Å². The zero-order valence-corrected chi connectivity index (χ0v) is 17.6. The maximum atomic E-state index is 7.18. The van der Waals surface area contributed by atoms with Gasteiger partial charge < -0.3 is 9.47 Å². The first kappa shape index (κ1) is 24.9. The summed E-state index contributed by atoms with van der Waals surface area (Å²) in [6.45, 7) is 10.7. The number of ether oxygens (including phenoxy) is 2. The van der Waals surface area contributed by atoms with E-state index in [9.17, 15) is 0 Å². The van der Waals surface area contributed by atoms with Crippen LogP contribution in [-0.4, -0.2) is 30.6 Å². The highest BCUT2D eigenvalue weighted by atomic mass is 35.6. The Hall–Kier alpha value is 0.680. The summed E-state index contributed by atoms with van der Waals surface area (Å²) in [6.07, 6.45) is 0. The minimum atomic E-state index is -1.76. The molecule has 0 aliphatic carbocycles. The predicted octanol–water partition coefficient (Wildman–Crippen LogP) is 6.30. The third-order valence-electron chi connectivity index (χ3n) is 1.33. The quantitative estimate of drug-likeness (QED) is 0.266. The van der Waals surface area contributed by atoms with Crippen molar-refractivity contribution in [3.63, 3.8) is 0 Å². The van der Waals surface area contributed by atoms with E-state index in [1.807, 2.05) is 0 Å². The van der Waals surface area contributed by atoms with Crippen molar-refractivity contribution in [2.45, 2.75) is 60.3 Å². The lowest BCUT2D eigenvalue weighted by atomic mass is 10.2. The summed E-state index contributed by atoms with van der Waals surface area (Å²) >= 11 is 32.2. The Morgan fingerprint density at radius 3 is 0.818 bits per heavy atom. The van der Waals surface area contributed by atoms with Gasteiger partial charge in [0.25, 0.3) is 7.59 Å². The Bertz CT molecular complexity index is 350. The van der Waals surface area contributed by atoms with Crippen LogP contribution in [0.1, 0.15) is 41.5 Å². The monoisotopic (exact) mass is 434 g/mol. The molecule has 10 heteroatoms. The molecule has 0 amide bonds. The maximum Gasteiger partial charge on any atom is 0.265 e. The molecule has 2 N–H and O–H groups in total. The summed E-state index contributed by atoms with van der Waals surface area (Å²) in [4.78, 5) is 0. The van der Waals surface area contributed by atoms with Crippen LogP contribution >= 0.6 is 69.6 Å². The topological polar surface area (TPSA) is 66.2 Å². The van der Waals surface area contributed by atoms with Crippen LogP contribution in [0, 0.1) is 10.8 Å². The van der Waals surface area contributed by atoms with Gasteiger partial charge in [-0.2, -0.15) is 0 Å². The molecular formula is C12H20Cl6N2O2. The van der Waals surface area contributed by atoms with E-state index in [1.54, 1.807) is 41.5 Å². The predicted molar refractivity (Wildman–Crippen MR) is 97.7 cm³/mol. The lowest BCUT2D eigenvalue weighted by Crippen LogP contribution is -2.31. The molecule has 0 saturated heterocycles. The van der Waals surface area contributed by atoms with Crippen LogP contribution in [0.4, 0.5) is 0 Å². The second kappa shape index (κ2) is 8.68. The third kappa shape index (κ3) is 15.6. The molecule has 0 rings (SSSR count). The SMILES string of the molecule is CC(C)(C)OC(=N)C(Cl)(Cl)Cl.CC(C)(C)OC(=N)C(Cl)(Cl)Cl. The lowest BCUT2D eigenvalue weighted by Gasteiger charge is -2.24. The van der Waals surface area contributed by atoms with E-state index in [0.29, 0.717) is 0 Å². The first-order valence-corrected chi connectivity index (χ1v) is 8.22. The summed E-state index contributed by atoms with van der Waals surface area (Å²) in [5, 5.41) is 14.4. The number of nitrogens with one attached hydrogen (secondary N) is 2. The highest BCUT2D eigenvalue weighted by molar-refractivity contribution is 6.76. The summed E-state index contributed by atoms with van der Waals surface area (Å²) < 4.78 is 6.47. The Kier molecular flexibility index (Phi) is 9.84. The second-order valence-corrected chi connectivity index (χ2v) is 10.6. The van der Waals surface area contributed by atoms with Gasteiger partial charge in [0.15, 0.2) is 0 Å². The fraction of sp³-hybridized carbons (Fsp3) is 0.833. The average molecular weight is 437 g/mol. The largest absolute Gasteiger partial charge is 0.472 e. The first-order valence-electron chi connectivity index (χ1n) is 5.95.